The van der Waals surface area contributed by atoms with Gasteiger partial charge in [-0.05, 0) is 32.4 Å². The smallest absolute Gasteiger partial charge is 0.344 e. The molecule has 0 fully saturated rings. The van der Waals surface area contributed by atoms with Crippen molar-refractivity contribution in [3.8, 4) is 5.75 Å². The second-order valence-electron chi connectivity index (χ2n) is 5.95. The van der Waals surface area contributed by atoms with Gasteiger partial charge in [-0.25, -0.2) is 4.79 Å². The first-order chi connectivity index (χ1) is 10.0. The second-order valence-corrected chi connectivity index (χ2v) is 7.01. The standard InChI is InChI=1S/C17H16O3S/c1-9-5-4-6-11-12-8-21-13-7-10(2)19-16(18)14(13)17(12,3)20-15(9)11/h4-7,12H,8H2,1-3H3. The third-order valence-electron chi connectivity index (χ3n) is 4.54. The molecule has 0 N–H and O–H groups in total. The lowest BCUT2D eigenvalue weighted by atomic mass is 9.81. The summed E-state index contributed by atoms with van der Waals surface area (Å²) in [7, 11) is 0. The molecule has 0 amide bonds. The first-order valence-electron chi connectivity index (χ1n) is 7.07. The van der Waals surface area contributed by atoms with E-state index in [1.807, 2.05) is 32.9 Å². The Labute approximate surface area is 127 Å². The quantitative estimate of drug-likeness (QED) is 0.743. The molecule has 0 saturated heterocycles. The van der Waals surface area contributed by atoms with Gasteiger partial charge in [0.05, 0.1) is 5.56 Å². The summed E-state index contributed by atoms with van der Waals surface area (Å²) in [5, 5.41) is 0. The zero-order valence-corrected chi connectivity index (χ0v) is 13.0. The molecule has 21 heavy (non-hydrogen) atoms. The molecular weight excluding hydrogens is 284 g/mol. The number of hydrogen-bond donors (Lipinski definition) is 0. The summed E-state index contributed by atoms with van der Waals surface area (Å²) in [6.45, 7) is 5.87. The van der Waals surface area contributed by atoms with Crippen LogP contribution in [0.1, 0.15) is 35.3 Å². The summed E-state index contributed by atoms with van der Waals surface area (Å²) < 4.78 is 11.6. The summed E-state index contributed by atoms with van der Waals surface area (Å²) >= 11 is 1.72. The molecule has 0 bridgehead atoms. The van der Waals surface area contributed by atoms with Crippen LogP contribution in [0.25, 0.3) is 0 Å². The maximum absolute atomic E-state index is 12.4. The summed E-state index contributed by atoms with van der Waals surface area (Å²) in [6, 6.07) is 8.16. The fourth-order valence-electron chi connectivity index (χ4n) is 3.46. The van der Waals surface area contributed by atoms with Crippen molar-refractivity contribution < 1.29 is 9.15 Å². The molecule has 0 aliphatic carbocycles. The minimum Gasteiger partial charge on any atom is -0.481 e. The summed E-state index contributed by atoms with van der Waals surface area (Å²) in [5.74, 6) is 2.69. The lowest BCUT2D eigenvalue weighted by molar-refractivity contribution is 0.0831. The van der Waals surface area contributed by atoms with E-state index in [1.54, 1.807) is 11.8 Å². The van der Waals surface area contributed by atoms with E-state index in [-0.39, 0.29) is 11.5 Å². The number of aryl methyl sites for hydroxylation is 2. The van der Waals surface area contributed by atoms with Crippen LogP contribution in [0.15, 0.2) is 38.4 Å². The van der Waals surface area contributed by atoms with Gasteiger partial charge in [0, 0.05) is 22.1 Å². The van der Waals surface area contributed by atoms with Crippen LogP contribution in [0.3, 0.4) is 0 Å². The first kappa shape index (κ1) is 13.0. The Hall–Kier alpha value is -1.68. The van der Waals surface area contributed by atoms with Crippen molar-refractivity contribution in [2.24, 2.45) is 0 Å². The van der Waals surface area contributed by atoms with Crippen molar-refractivity contribution >= 4 is 11.8 Å². The van der Waals surface area contributed by atoms with E-state index in [2.05, 4.69) is 12.1 Å². The van der Waals surface area contributed by atoms with E-state index in [4.69, 9.17) is 9.15 Å². The van der Waals surface area contributed by atoms with Crippen molar-refractivity contribution in [1.82, 2.24) is 0 Å². The second kappa shape index (κ2) is 4.17. The highest BCUT2D eigenvalue weighted by atomic mass is 32.2. The zero-order valence-electron chi connectivity index (χ0n) is 12.2. The van der Waals surface area contributed by atoms with Crippen LogP contribution in [-0.4, -0.2) is 5.75 Å². The molecule has 2 aromatic rings. The van der Waals surface area contributed by atoms with Gasteiger partial charge in [0.2, 0.25) is 0 Å². The molecule has 2 aliphatic rings. The average Bonchev–Trinajstić information content (AvgIpc) is 2.71. The molecule has 3 nitrogen and oxygen atoms in total. The lowest BCUT2D eigenvalue weighted by Crippen LogP contribution is -2.40. The van der Waals surface area contributed by atoms with Gasteiger partial charge in [-0.1, -0.05) is 18.2 Å². The van der Waals surface area contributed by atoms with Crippen molar-refractivity contribution in [3.63, 3.8) is 0 Å². The topological polar surface area (TPSA) is 39.4 Å². The first-order valence-corrected chi connectivity index (χ1v) is 8.06. The SMILES string of the molecule is Cc1cc2c(c(=O)o1)C1(C)Oc3c(C)cccc3C1CS2. The van der Waals surface area contributed by atoms with Crippen molar-refractivity contribution in [2.45, 2.75) is 37.2 Å². The van der Waals surface area contributed by atoms with Gasteiger partial charge in [0.25, 0.3) is 0 Å². The van der Waals surface area contributed by atoms with Gasteiger partial charge >= 0.3 is 5.63 Å². The van der Waals surface area contributed by atoms with Gasteiger partial charge in [-0.2, -0.15) is 0 Å². The molecule has 0 saturated carbocycles. The highest BCUT2D eigenvalue weighted by molar-refractivity contribution is 7.99. The molecule has 2 unspecified atom stereocenters. The molecule has 4 heteroatoms. The number of benzene rings is 1. The Kier molecular flexibility index (Phi) is 2.58. The van der Waals surface area contributed by atoms with Gasteiger partial charge in [-0.3, -0.25) is 0 Å². The maximum atomic E-state index is 12.4. The van der Waals surface area contributed by atoms with Gasteiger partial charge in [0.15, 0.2) is 0 Å². The molecule has 2 atom stereocenters. The number of para-hydroxylation sites is 1. The highest BCUT2D eigenvalue weighted by Crippen LogP contribution is 2.56. The Balaban J connectivity index is 1.97. The van der Waals surface area contributed by atoms with Gasteiger partial charge in [-0.15, -0.1) is 11.8 Å². The summed E-state index contributed by atoms with van der Waals surface area (Å²) in [4.78, 5) is 13.4. The molecule has 0 radical (unpaired) electrons. The Morgan fingerprint density at radius 1 is 1.33 bits per heavy atom. The minimum absolute atomic E-state index is 0.190. The molecule has 1 aromatic heterocycles. The number of hydrogen-bond acceptors (Lipinski definition) is 4. The van der Waals surface area contributed by atoms with Crippen LogP contribution in [0, 0.1) is 13.8 Å². The number of rotatable bonds is 0. The molecule has 2 aliphatic heterocycles. The van der Waals surface area contributed by atoms with E-state index >= 15 is 0 Å². The summed E-state index contributed by atoms with van der Waals surface area (Å²) in [5.41, 5.74) is 2.10. The van der Waals surface area contributed by atoms with Gasteiger partial charge in [0.1, 0.15) is 17.1 Å². The minimum atomic E-state index is -0.622. The summed E-state index contributed by atoms with van der Waals surface area (Å²) in [6.07, 6.45) is 0. The number of ether oxygens (including phenoxy) is 1. The fraction of sp³-hybridized carbons (Fsp3) is 0.353. The van der Waals surface area contributed by atoms with Crippen LogP contribution in [0.5, 0.6) is 5.75 Å². The van der Waals surface area contributed by atoms with Crippen LogP contribution in [0.2, 0.25) is 0 Å². The lowest BCUT2D eigenvalue weighted by Gasteiger charge is -2.35. The van der Waals surface area contributed by atoms with Crippen LogP contribution < -0.4 is 10.4 Å². The van der Waals surface area contributed by atoms with Crippen molar-refractivity contribution in [3.05, 3.63) is 57.1 Å². The predicted octanol–water partition coefficient (Wildman–Crippen LogP) is 3.75. The van der Waals surface area contributed by atoms with E-state index in [9.17, 15) is 4.79 Å². The van der Waals surface area contributed by atoms with Crippen LogP contribution in [-0.2, 0) is 5.60 Å². The average molecular weight is 300 g/mol. The molecular formula is C17H16O3S. The molecule has 4 rings (SSSR count). The highest BCUT2D eigenvalue weighted by Gasteiger charge is 2.52. The van der Waals surface area contributed by atoms with E-state index < -0.39 is 5.60 Å². The third-order valence-corrected chi connectivity index (χ3v) is 5.67. The van der Waals surface area contributed by atoms with E-state index in [0.29, 0.717) is 11.3 Å². The van der Waals surface area contributed by atoms with Crippen molar-refractivity contribution in [2.75, 3.05) is 5.75 Å². The maximum Gasteiger partial charge on any atom is 0.344 e. The molecule has 3 heterocycles. The van der Waals surface area contributed by atoms with Crippen molar-refractivity contribution in [1.29, 1.82) is 0 Å². The number of fused-ring (bicyclic) bond motifs is 5. The van der Waals surface area contributed by atoms with Crippen LogP contribution >= 0.6 is 11.8 Å². The van der Waals surface area contributed by atoms with Gasteiger partial charge < -0.3 is 9.15 Å². The Morgan fingerprint density at radius 2 is 2.14 bits per heavy atom. The zero-order chi connectivity index (χ0) is 14.8. The molecule has 0 spiro atoms. The normalized spacial score (nSPS) is 25.8. The largest absolute Gasteiger partial charge is 0.481 e. The Bertz CT molecular complexity index is 808. The van der Waals surface area contributed by atoms with E-state index in [0.717, 1.165) is 22.0 Å². The Morgan fingerprint density at radius 3 is 2.95 bits per heavy atom. The number of thioether (sulfide) groups is 1. The third kappa shape index (κ3) is 1.65. The predicted molar refractivity (Wildman–Crippen MR) is 82.3 cm³/mol. The van der Waals surface area contributed by atoms with E-state index in [1.165, 1.54) is 5.56 Å². The monoisotopic (exact) mass is 300 g/mol. The fourth-order valence-corrected chi connectivity index (χ4v) is 4.98. The molecule has 108 valence electrons. The molecule has 1 aromatic carbocycles. The van der Waals surface area contributed by atoms with Crippen LogP contribution in [0.4, 0.5) is 0 Å².